The third-order valence-electron chi connectivity index (χ3n) is 2.37. The van der Waals surface area contributed by atoms with Crippen molar-refractivity contribution in [1.29, 1.82) is 0 Å². The summed E-state index contributed by atoms with van der Waals surface area (Å²) in [5.74, 6) is 0.667. The molecule has 0 spiro atoms. The SMILES string of the molecule is COc1ccccc1C(O)c1cc(Cl)c(Br)s1. The van der Waals surface area contributed by atoms with Crippen LogP contribution in [0.1, 0.15) is 16.5 Å². The summed E-state index contributed by atoms with van der Waals surface area (Å²) in [6, 6.07) is 9.15. The zero-order chi connectivity index (χ0) is 12.4. The molecule has 0 amide bonds. The van der Waals surface area contributed by atoms with E-state index in [2.05, 4.69) is 15.9 Å². The average molecular weight is 334 g/mol. The fraction of sp³-hybridized carbons (Fsp3) is 0.167. The zero-order valence-electron chi connectivity index (χ0n) is 8.98. The Morgan fingerprint density at radius 2 is 2.12 bits per heavy atom. The van der Waals surface area contributed by atoms with Crippen LogP contribution in [0.15, 0.2) is 34.1 Å². The molecule has 1 aromatic carbocycles. The minimum Gasteiger partial charge on any atom is -0.496 e. The largest absolute Gasteiger partial charge is 0.496 e. The molecular weight excluding hydrogens is 324 g/mol. The molecule has 0 bridgehead atoms. The number of benzene rings is 1. The predicted molar refractivity (Wildman–Crippen MR) is 74.1 cm³/mol. The summed E-state index contributed by atoms with van der Waals surface area (Å²) in [5, 5.41) is 10.9. The number of ether oxygens (including phenoxy) is 1. The fourth-order valence-corrected chi connectivity index (χ4v) is 3.30. The molecule has 90 valence electrons. The molecule has 0 aliphatic heterocycles. The molecule has 1 heterocycles. The van der Waals surface area contributed by atoms with E-state index in [9.17, 15) is 5.11 Å². The number of halogens is 2. The van der Waals surface area contributed by atoms with E-state index in [0.29, 0.717) is 10.8 Å². The van der Waals surface area contributed by atoms with Gasteiger partial charge in [-0.25, -0.2) is 0 Å². The van der Waals surface area contributed by atoms with Crippen molar-refractivity contribution in [2.75, 3.05) is 7.11 Å². The van der Waals surface area contributed by atoms with E-state index < -0.39 is 6.10 Å². The number of rotatable bonds is 3. The Balaban J connectivity index is 2.39. The van der Waals surface area contributed by atoms with Gasteiger partial charge < -0.3 is 9.84 Å². The number of hydrogen-bond acceptors (Lipinski definition) is 3. The summed E-state index contributed by atoms with van der Waals surface area (Å²) >= 11 is 10.7. The van der Waals surface area contributed by atoms with Crippen molar-refractivity contribution >= 4 is 38.9 Å². The van der Waals surface area contributed by atoms with Crippen LogP contribution in [0.5, 0.6) is 5.75 Å². The van der Waals surface area contributed by atoms with Crippen molar-refractivity contribution in [3.05, 3.63) is 49.6 Å². The summed E-state index contributed by atoms with van der Waals surface area (Å²) in [6.07, 6.45) is -0.722. The van der Waals surface area contributed by atoms with Gasteiger partial charge in [0, 0.05) is 10.4 Å². The highest BCUT2D eigenvalue weighted by Crippen LogP contribution is 2.39. The molecule has 0 radical (unpaired) electrons. The quantitative estimate of drug-likeness (QED) is 0.909. The van der Waals surface area contributed by atoms with Crippen molar-refractivity contribution in [3.8, 4) is 5.75 Å². The van der Waals surface area contributed by atoms with Crippen molar-refractivity contribution < 1.29 is 9.84 Å². The summed E-state index contributed by atoms with van der Waals surface area (Å²) in [6.45, 7) is 0. The highest BCUT2D eigenvalue weighted by atomic mass is 79.9. The molecule has 1 atom stereocenters. The molecule has 0 saturated carbocycles. The molecule has 1 aromatic heterocycles. The van der Waals surface area contributed by atoms with Crippen molar-refractivity contribution in [2.24, 2.45) is 0 Å². The van der Waals surface area contributed by atoms with Gasteiger partial charge in [0.2, 0.25) is 0 Å². The molecule has 1 N–H and O–H groups in total. The number of aliphatic hydroxyl groups is 1. The second-order valence-corrected chi connectivity index (χ2v) is 6.22. The molecule has 17 heavy (non-hydrogen) atoms. The summed E-state index contributed by atoms with van der Waals surface area (Å²) < 4.78 is 6.05. The van der Waals surface area contributed by atoms with Crippen molar-refractivity contribution in [2.45, 2.75) is 6.10 Å². The van der Waals surface area contributed by atoms with E-state index in [1.807, 2.05) is 24.3 Å². The Labute approximate surface area is 117 Å². The van der Waals surface area contributed by atoms with Crippen LogP contribution >= 0.6 is 38.9 Å². The molecule has 0 aliphatic carbocycles. The fourth-order valence-electron chi connectivity index (χ4n) is 1.54. The van der Waals surface area contributed by atoms with Crippen LogP contribution < -0.4 is 4.74 Å². The summed E-state index contributed by atoms with van der Waals surface area (Å²) in [7, 11) is 1.59. The van der Waals surface area contributed by atoms with Gasteiger partial charge in [0.15, 0.2) is 0 Å². The minimum atomic E-state index is -0.722. The van der Waals surface area contributed by atoms with E-state index in [-0.39, 0.29) is 0 Å². The second-order valence-electron chi connectivity index (χ2n) is 3.41. The van der Waals surface area contributed by atoms with Gasteiger partial charge in [-0.15, -0.1) is 11.3 Å². The lowest BCUT2D eigenvalue weighted by Gasteiger charge is -2.12. The van der Waals surface area contributed by atoms with E-state index in [1.54, 1.807) is 13.2 Å². The normalized spacial score (nSPS) is 12.5. The van der Waals surface area contributed by atoms with Gasteiger partial charge in [0.25, 0.3) is 0 Å². The summed E-state index contributed by atoms with van der Waals surface area (Å²) in [5.41, 5.74) is 0.736. The Morgan fingerprint density at radius 3 is 2.71 bits per heavy atom. The average Bonchev–Trinajstić information content (AvgIpc) is 2.68. The van der Waals surface area contributed by atoms with Crippen LogP contribution in [0.2, 0.25) is 5.02 Å². The predicted octanol–water partition coefficient (Wildman–Crippen LogP) is 4.25. The lowest BCUT2D eigenvalue weighted by atomic mass is 10.1. The Bertz CT molecular complexity index is 507. The van der Waals surface area contributed by atoms with E-state index in [4.69, 9.17) is 16.3 Å². The highest BCUT2D eigenvalue weighted by molar-refractivity contribution is 9.11. The Hall–Kier alpha value is -0.550. The van der Waals surface area contributed by atoms with Gasteiger partial charge in [0.1, 0.15) is 11.9 Å². The van der Waals surface area contributed by atoms with Crippen LogP contribution in [0.25, 0.3) is 0 Å². The van der Waals surface area contributed by atoms with Gasteiger partial charge >= 0.3 is 0 Å². The Morgan fingerprint density at radius 1 is 1.41 bits per heavy atom. The lowest BCUT2D eigenvalue weighted by Crippen LogP contribution is -2.00. The number of aliphatic hydroxyl groups excluding tert-OH is 1. The number of thiophene rings is 1. The number of para-hydroxylation sites is 1. The van der Waals surface area contributed by atoms with Crippen molar-refractivity contribution in [3.63, 3.8) is 0 Å². The first-order chi connectivity index (χ1) is 8.13. The molecule has 2 aromatic rings. The van der Waals surface area contributed by atoms with Gasteiger partial charge in [-0.2, -0.15) is 0 Å². The van der Waals surface area contributed by atoms with E-state index in [1.165, 1.54) is 11.3 Å². The van der Waals surface area contributed by atoms with Crippen LogP contribution in [-0.2, 0) is 0 Å². The number of methoxy groups -OCH3 is 1. The second kappa shape index (κ2) is 5.40. The maximum atomic E-state index is 10.3. The van der Waals surface area contributed by atoms with Gasteiger partial charge in [-0.3, -0.25) is 0 Å². The maximum Gasteiger partial charge on any atom is 0.125 e. The molecule has 0 aliphatic rings. The molecule has 5 heteroatoms. The van der Waals surface area contributed by atoms with E-state index >= 15 is 0 Å². The standard InChI is InChI=1S/C12H10BrClO2S/c1-16-9-5-3-2-4-7(9)11(15)10-6-8(14)12(13)17-10/h2-6,11,15H,1H3. The van der Waals surface area contributed by atoms with Gasteiger partial charge in [-0.05, 0) is 28.1 Å². The topological polar surface area (TPSA) is 29.5 Å². The molecular formula is C12H10BrClO2S. The lowest BCUT2D eigenvalue weighted by molar-refractivity contribution is 0.218. The zero-order valence-corrected chi connectivity index (χ0v) is 12.1. The molecule has 1 unspecified atom stereocenters. The monoisotopic (exact) mass is 332 g/mol. The first-order valence-corrected chi connectivity index (χ1v) is 6.88. The van der Waals surface area contributed by atoms with E-state index in [0.717, 1.165) is 14.2 Å². The first-order valence-electron chi connectivity index (χ1n) is 4.89. The van der Waals surface area contributed by atoms with Gasteiger partial charge in [0.05, 0.1) is 15.9 Å². The smallest absolute Gasteiger partial charge is 0.125 e. The minimum absolute atomic E-state index is 0.610. The third kappa shape index (κ3) is 2.65. The molecule has 2 rings (SSSR count). The highest BCUT2D eigenvalue weighted by Gasteiger charge is 2.18. The Kier molecular flexibility index (Phi) is 4.09. The molecule has 2 nitrogen and oxygen atoms in total. The van der Waals surface area contributed by atoms with Crippen LogP contribution in [0.3, 0.4) is 0 Å². The summed E-state index contributed by atoms with van der Waals surface area (Å²) in [4.78, 5) is 0.784. The molecule has 0 fully saturated rings. The van der Waals surface area contributed by atoms with Crippen molar-refractivity contribution in [1.82, 2.24) is 0 Å². The maximum absolute atomic E-state index is 10.3. The van der Waals surface area contributed by atoms with Crippen LogP contribution in [-0.4, -0.2) is 12.2 Å². The first kappa shape index (κ1) is 12.9. The van der Waals surface area contributed by atoms with Gasteiger partial charge in [-0.1, -0.05) is 29.8 Å². The van der Waals surface area contributed by atoms with Crippen LogP contribution in [0, 0.1) is 0 Å². The number of hydrogen-bond donors (Lipinski definition) is 1. The third-order valence-corrected chi connectivity index (χ3v) is 4.89. The van der Waals surface area contributed by atoms with Crippen LogP contribution in [0.4, 0.5) is 0 Å². The molecule has 0 saturated heterocycles.